The van der Waals surface area contributed by atoms with E-state index in [2.05, 4.69) is 22.8 Å². The molecule has 23 heavy (non-hydrogen) atoms. The number of carbonyl (C=O) groups excluding carboxylic acids is 1. The van der Waals surface area contributed by atoms with Crippen molar-refractivity contribution in [3.63, 3.8) is 0 Å². The lowest BCUT2D eigenvalue weighted by Crippen LogP contribution is -2.32. The van der Waals surface area contributed by atoms with E-state index in [9.17, 15) is 4.79 Å². The Balaban J connectivity index is 1.81. The van der Waals surface area contributed by atoms with E-state index in [4.69, 9.17) is 4.74 Å². The first-order valence-corrected chi connectivity index (χ1v) is 7.93. The van der Waals surface area contributed by atoms with E-state index in [0.29, 0.717) is 13.2 Å². The van der Waals surface area contributed by atoms with Gasteiger partial charge >= 0.3 is 0 Å². The van der Waals surface area contributed by atoms with Gasteiger partial charge in [-0.25, -0.2) is 0 Å². The molecule has 2 rings (SSSR count). The first-order valence-electron chi connectivity index (χ1n) is 7.93. The van der Waals surface area contributed by atoms with Gasteiger partial charge in [-0.3, -0.25) is 4.79 Å². The van der Waals surface area contributed by atoms with Gasteiger partial charge in [0, 0.05) is 24.2 Å². The summed E-state index contributed by atoms with van der Waals surface area (Å²) < 4.78 is 5.76. The van der Waals surface area contributed by atoms with Gasteiger partial charge in [0.1, 0.15) is 5.75 Å². The number of ether oxygens (including phenoxy) is 1. The smallest absolute Gasteiger partial charge is 0.238 e. The summed E-state index contributed by atoms with van der Waals surface area (Å²) in [6, 6.07) is 18.0. The topological polar surface area (TPSA) is 50.4 Å². The van der Waals surface area contributed by atoms with Crippen LogP contribution in [0.25, 0.3) is 0 Å². The zero-order valence-corrected chi connectivity index (χ0v) is 13.7. The summed E-state index contributed by atoms with van der Waals surface area (Å²) in [5, 5.41) is 5.95. The molecule has 0 aliphatic rings. The molecular weight excluding hydrogens is 288 g/mol. The van der Waals surface area contributed by atoms with Gasteiger partial charge < -0.3 is 15.4 Å². The standard InChI is InChI=1S/C19H24N2O2/c1-15(2)20-14-19(22)21-17-9-6-10-18(13-17)23-12-11-16-7-4-3-5-8-16/h3-10,13,15,20H,11-12,14H2,1-2H3,(H,21,22). The Morgan fingerprint density at radius 2 is 1.87 bits per heavy atom. The molecule has 0 heterocycles. The Hall–Kier alpha value is -2.33. The van der Waals surface area contributed by atoms with Crippen LogP contribution in [0.3, 0.4) is 0 Å². The highest BCUT2D eigenvalue weighted by Crippen LogP contribution is 2.17. The van der Waals surface area contributed by atoms with Crippen molar-refractivity contribution in [2.75, 3.05) is 18.5 Å². The van der Waals surface area contributed by atoms with E-state index >= 15 is 0 Å². The maximum Gasteiger partial charge on any atom is 0.238 e. The maximum absolute atomic E-state index is 11.8. The van der Waals surface area contributed by atoms with Crippen molar-refractivity contribution in [3.8, 4) is 5.75 Å². The van der Waals surface area contributed by atoms with Gasteiger partial charge in [0.05, 0.1) is 13.2 Å². The molecule has 0 radical (unpaired) electrons. The molecule has 0 spiro atoms. The summed E-state index contributed by atoms with van der Waals surface area (Å²) in [7, 11) is 0. The van der Waals surface area contributed by atoms with Crippen molar-refractivity contribution in [1.29, 1.82) is 0 Å². The summed E-state index contributed by atoms with van der Waals surface area (Å²) >= 11 is 0. The fourth-order valence-corrected chi connectivity index (χ4v) is 2.10. The van der Waals surface area contributed by atoms with Crippen LogP contribution in [0.5, 0.6) is 5.75 Å². The van der Waals surface area contributed by atoms with Gasteiger partial charge in [0.2, 0.25) is 5.91 Å². The van der Waals surface area contributed by atoms with Crippen LogP contribution in [-0.2, 0) is 11.2 Å². The van der Waals surface area contributed by atoms with E-state index in [-0.39, 0.29) is 11.9 Å². The fourth-order valence-electron chi connectivity index (χ4n) is 2.10. The lowest BCUT2D eigenvalue weighted by molar-refractivity contribution is -0.115. The highest BCUT2D eigenvalue weighted by atomic mass is 16.5. The van der Waals surface area contributed by atoms with Crippen LogP contribution in [-0.4, -0.2) is 25.1 Å². The lowest BCUT2D eigenvalue weighted by Gasteiger charge is -2.11. The number of benzene rings is 2. The lowest BCUT2D eigenvalue weighted by atomic mass is 10.2. The highest BCUT2D eigenvalue weighted by Gasteiger charge is 2.04. The molecule has 0 saturated heterocycles. The van der Waals surface area contributed by atoms with Crippen LogP contribution in [0.2, 0.25) is 0 Å². The van der Waals surface area contributed by atoms with Crippen LogP contribution in [0.4, 0.5) is 5.69 Å². The molecule has 0 atom stereocenters. The summed E-state index contributed by atoms with van der Waals surface area (Å²) in [6.07, 6.45) is 0.857. The molecule has 2 aromatic carbocycles. The molecule has 1 amide bonds. The van der Waals surface area contributed by atoms with Crippen molar-refractivity contribution in [1.82, 2.24) is 5.32 Å². The van der Waals surface area contributed by atoms with Crippen LogP contribution >= 0.6 is 0 Å². The number of amides is 1. The highest BCUT2D eigenvalue weighted by molar-refractivity contribution is 5.92. The average molecular weight is 312 g/mol. The third kappa shape index (κ3) is 6.53. The number of nitrogens with one attached hydrogen (secondary N) is 2. The SMILES string of the molecule is CC(C)NCC(=O)Nc1cccc(OCCc2ccccc2)c1. The molecule has 122 valence electrons. The van der Waals surface area contributed by atoms with Gasteiger partial charge in [0.15, 0.2) is 0 Å². The summed E-state index contributed by atoms with van der Waals surface area (Å²) in [5.41, 5.74) is 1.99. The Morgan fingerprint density at radius 1 is 1.09 bits per heavy atom. The van der Waals surface area contributed by atoms with Crippen LogP contribution in [0.15, 0.2) is 54.6 Å². The van der Waals surface area contributed by atoms with Crippen molar-refractivity contribution in [2.24, 2.45) is 0 Å². The Bertz CT molecular complexity index is 612. The third-order valence-corrected chi connectivity index (χ3v) is 3.29. The molecule has 0 saturated carbocycles. The molecule has 4 heteroatoms. The molecule has 0 bridgehead atoms. The molecule has 2 aromatic rings. The zero-order chi connectivity index (χ0) is 16.5. The molecule has 2 N–H and O–H groups in total. The van der Waals surface area contributed by atoms with Crippen molar-refractivity contribution in [2.45, 2.75) is 26.3 Å². The minimum absolute atomic E-state index is 0.0554. The van der Waals surface area contributed by atoms with E-state index < -0.39 is 0 Å². The summed E-state index contributed by atoms with van der Waals surface area (Å²) in [4.78, 5) is 11.8. The molecule has 0 fully saturated rings. The van der Waals surface area contributed by atoms with Gasteiger partial charge in [0.25, 0.3) is 0 Å². The van der Waals surface area contributed by atoms with Crippen LogP contribution in [0, 0.1) is 0 Å². The maximum atomic E-state index is 11.8. The average Bonchev–Trinajstić information content (AvgIpc) is 2.54. The van der Waals surface area contributed by atoms with Gasteiger partial charge in [-0.2, -0.15) is 0 Å². The first kappa shape index (κ1) is 17.0. The minimum atomic E-state index is -0.0554. The van der Waals surface area contributed by atoms with Crippen LogP contribution < -0.4 is 15.4 Å². The van der Waals surface area contributed by atoms with E-state index in [0.717, 1.165) is 17.9 Å². The second kappa shape index (κ2) is 8.96. The Kier molecular flexibility index (Phi) is 6.63. The molecular formula is C19H24N2O2. The van der Waals surface area contributed by atoms with Gasteiger partial charge in [-0.15, -0.1) is 0 Å². The minimum Gasteiger partial charge on any atom is -0.493 e. The quantitative estimate of drug-likeness (QED) is 0.787. The van der Waals surface area contributed by atoms with Crippen molar-refractivity contribution >= 4 is 11.6 Å². The number of carbonyl (C=O) groups is 1. The van der Waals surface area contributed by atoms with Crippen molar-refractivity contribution < 1.29 is 9.53 Å². The predicted octanol–water partition coefficient (Wildman–Crippen LogP) is 3.24. The monoisotopic (exact) mass is 312 g/mol. The van der Waals surface area contributed by atoms with Crippen molar-refractivity contribution in [3.05, 3.63) is 60.2 Å². The van der Waals surface area contributed by atoms with Gasteiger partial charge in [-0.1, -0.05) is 50.2 Å². The predicted molar refractivity (Wildman–Crippen MR) is 93.9 cm³/mol. The molecule has 0 aliphatic carbocycles. The molecule has 0 aliphatic heterocycles. The fraction of sp³-hybridized carbons (Fsp3) is 0.316. The second-order valence-corrected chi connectivity index (χ2v) is 5.70. The normalized spacial score (nSPS) is 10.6. The van der Waals surface area contributed by atoms with Gasteiger partial charge in [-0.05, 0) is 17.7 Å². The largest absolute Gasteiger partial charge is 0.493 e. The second-order valence-electron chi connectivity index (χ2n) is 5.70. The first-order chi connectivity index (χ1) is 11.1. The number of rotatable bonds is 8. The molecule has 4 nitrogen and oxygen atoms in total. The Morgan fingerprint density at radius 3 is 2.61 bits per heavy atom. The van der Waals surface area contributed by atoms with E-state index in [1.54, 1.807) is 0 Å². The zero-order valence-electron chi connectivity index (χ0n) is 13.7. The number of anilines is 1. The number of hydrogen-bond donors (Lipinski definition) is 2. The molecule has 0 aromatic heterocycles. The summed E-state index contributed by atoms with van der Waals surface area (Å²) in [5.74, 6) is 0.704. The van der Waals surface area contributed by atoms with Crippen LogP contribution in [0.1, 0.15) is 19.4 Å². The number of hydrogen-bond acceptors (Lipinski definition) is 3. The summed E-state index contributed by atoms with van der Waals surface area (Å²) in [6.45, 7) is 4.93. The van der Waals surface area contributed by atoms with E-state index in [1.807, 2.05) is 56.3 Å². The Labute approximate surface area is 137 Å². The third-order valence-electron chi connectivity index (χ3n) is 3.29. The molecule has 0 unspecified atom stereocenters. The van der Waals surface area contributed by atoms with E-state index in [1.165, 1.54) is 5.56 Å².